The smallest absolute Gasteiger partial charge is 0.00817 e. The lowest BCUT2D eigenvalue weighted by Crippen LogP contribution is -2.40. The van der Waals surface area contributed by atoms with Crippen molar-refractivity contribution in [3.05, 3.63) is 0 Å². The molecule has 1 N–H and O–H groups in total. The summed E-state index contributed by atoms with van der Waals surface area (Å²) < 4.78 is 0. The summed E-state index contributed by atoms with van der Waals surface area (Å²) in [6.07, 6.45) is 5.35. The van der Waals surface area contributed by atoms with Crippen LogP contribution in [0.2, 0.25) is 0 Å². The van der Waals surface area contributed by atoms with Crippen LogP contribution in [-0.4, -0.2) is 36.1 Å². The van der Waals surface area contributed by atoms with E-state index in [1.54, 1.807) is 0 Å². The first-order valence-electron chi connectivity index (χ1n) is 6.64. The van der Waals surface area contributed by atoms with Crippen LogP contribution in [0.25, 0.3) is 0 Å². The Bertz CT molecular complexity index is 164. The molecular weight excluding hydrogens is 184 g/mol. The molecule has 15 heavy (non-hydrogen) atoms. The molecule has 0 aliphatic heterocycles. The fraction of sp³-hybridized carbons (Fsp3) is 1.00. The van der Waals surface area contributed by atoms with Gasteiger partial charge in [-0.3, -0.25) is 4.90 Å². The molecule has 0 aromatic rings. The van der Waals surface area contributed by atoms with Crippen molar-refractivity contribution < 1.29 is 0 Å². The van der Waals surface area contributed by atoms with Gasteiger partial charge in [0.05, 0.1) is 0 Å². The Hall–Kier alpha value is -0.0800. The summed E-state index contributed by atoms with van der Waals surface area (Å²) in [6, 6.07) is 2.26. The summed E-state index contributed by atoms with van der Waals surface area (Å²) >= 11 is 0. The lowest BCUT2D eigenvalue weighted by Gasteiger charge is -2.32. The zero-order valence-corrected chi connectivity index (χ0v) is 10.9. The van der Waals surface area contributed by atoms with Gasteiger partial charge in [0.15, 0.2) is 0 Å². The SMILES string of the molecule is CCCN(C(C)C)C(C)CCNC1CC1. The summed E-state index contributed by atoms with van der Waals surface area (Å²) in [5, 5.41) is 3.60. The van der Waals surface area contributed by atoms with E-state index in [1.807, 2.05) is 0 Å². The third-order valence-corrected chi connectivity index (χ3v) is 3.28. The van der Waals surface area contributed by atoms with Crippen LogP contribution in [0.1, 0.15) is 53.4 Å². The number of hydrogen-bond acceptors (Lipinski definition) is 2. The van der Waals surface area contributed by atoms with Crippen LogP contribution in [0, 0.1) is 0 Å². The molecule has 0 radical (unpaired) electrons. The van der Waals surface area contributed by atoms with Crippen molar-refractivity contribution in [3.63, 3.8) is 0 Å². The highest BCUT2D eigenvalue weighted by Crippen LogP contribution is 2.18. The Morgan fingerprint density at radius 2 is 1.93 bits per heavy atom. The summed E-state index contributed by atoms with van der Waals surface area (Å²) in [4.78, 5) is 2.62. The molecule has 0 spiro atoms. The first-order chi connectivity index (χ1) is 7.15. The van der Waals surface area contributed by atoms with E-state index in [9.17, 15) is 0 Å². The van der Waals surface area contributed by atoms with Crippen LogP contribution in [0.3, 0.4) is 0 Å². The average molecular weight is 212 g/mol. The van der Waals surface area contributed by atoms with Crippen LogP contribution in [0.5, 0.6) is 0 Å². The van der Waals surface area contributed by atoms with Gasteiger partial charge in [0.25, 0.3) is 0 Å². The molecule has 0 bridgehead atoms. The number of nitrogens with zero attached hydrogens (tertiary/aromatic N) is 1. The van der Waals surface area contributed by atoms with Gasteiger partial charge in [-0.05, 0) is 59.5 Å². The molecule has 1 unspecified atom stereocenters. The molecule has 0 amide bonds. The van der Waals surface area contributed by atoms with Gasteiger partial charge in [-0.25, -0.2) is 0 Å². The molecule has 1 rings (SSSR count). The third-order valence-electron chi connectivity index (χ3n) is 3.28. The van der Waals surface area contributed by atoms with Crippen LogP contribution >= 0.6 is 0 Å². The van der Waals surface area contributed by atoms with E-state index in [0.29, 0.717) is 6.04 Å². The maximum absolute atomic E-state index is 3.60. The van der Waals surface area contributed by atoms with Gasteiger partial charge in [0.1, 0.15) is 0 Å². The summed E-state index contributed by atoms with van der Waals surface area (Å²) in [5.41, 5.74) is 0. The summed E-state index contributed by atoms with van der Waals surface area (Å²) in [7, 11) is 0. The first kappa shape index (κ1) is 13.0. The molecule has 0 saturated heterocycles. The molecule has 0 aromatic carbocycles. The van der Waals surface area contributed by atoms with Gasteiger partial charge in [-0.15, -0.1) is 0 Å². The highest BCUT2D eigenvalue weighted by atomic mass is 15.2. The Kier molecular flexibility index (Phi) is 5.62. The van der Waals surface area contributed by atoms with Crippen molar-refractivity contribution in [3.8, 4) is 0 Å². The molecule has 90 valence electrons. The predicted molar refractivity (Wildman–Crippen MR) is 67.2 cm³/mol. The Labute approximate surface area is 95.4 Å². The normalized spacial score (nSPS) is 18.8. The number of rotatable bonds is 8. The zero-order chi connectivity index (χ0) is 11.3. The van der Waals surface area contributed by atoms with Gasteiger partial charge in [-0.2, -0.15) is 0 Å². The van der Waals surface area contributed by atoms with Gasteiger partial charge in [0, 0.05) is 18.1 Å². The van der Waals surface area contributed by atoms with Gasteiger partial charge >= 0.3 is 0 Å². The predicted octanol–water partition coefficient (Wildman–Crippen LogP) is 2.64. The maximum Gasteiger partial charge on any atom is 0.00817 e. The largest absolute Gasteiger partial charge is 0.314 e. The van der Waals surface area contributed by atoms with Crippen LogP contribution < -0.4 is 5.32 Å². The lowest BCUT2D eigenvalue weighted by molar-refractivity contribution is 0.156. The average Bonchev–Trinajstić information content (AvgIpc) is 2.97. The van der Waals surface area contributed by atoms with Crippen molar-refractivity contribution in [1.29, 1.82) is 0 Å². The molecule has 1 fully saturated rings. The summed E-state index contributed by atoms with van der Waals surface area (Å²) in [5.74, 6) is 0. The second-order valence-corrected chi connectivity index (χ2v) is 5.20. The van der Waals surface area contributed by atoms with Crippen molar-refractivity contribution in [2.24, 2.45) is 0 Å². The molecule has 1 atom stereocenters. The monoisotopic (exact) mass is 212 g/mol. The highest BCUT2D eigenvalue weighted by molar-refractivity contribution is 4.81. The molecule has 2 heteroatoms. The van der Waals surface area contributed by atoms with Crippen molar-refractivity contribution >= 4 is 0 Å². The molecule has 1 aliphatic carbocycles. The quantitative estimate of drug-likeness (QED) is 0.665. The van der Waals surface area contributed by atoms with E-state index >= 15 is 0 Å². The first-order valence-corrected chi connectivity index (χ1v) is 6.64. The molecule has 1 saturated carbocycles. The Morgan fingerprint density at radius 1 is 1.27 bits per heavy atom. The van der Waals surface area contributed by atoms with E-state index in [2.05, 4.69) is 37.9 Å². The van der Waals surface area contributed by atoms with E-state index in [-0.39, 0.29) is 0 Å². The fourth-order valence-corrected chi connectivity index (χ4v) is 2.20. The van der Waals surface area contributed by atoms with E-state index in [0.717, 1.165) is 12.1 Å². The molecule has 0 heterocycles. The van der Waals surface area contributed by atoms with E-state index < -0.39 is 0 Å². The van der Waals surface area contributed by atoms with Gasteiger partial charge < -0.3 is 5.32 Å². The minimum absolute atomic E-state index is 0.681. The minimum atomic E-state index is 0.681. The Balaban J connectivity index is 2.17. The van der Waals surface area contributed by atoms with Crippen LogP contribution in [0.15, 0.2) is 0 Å². The molecule has 0 aromatic heterocycles. The van der Waals surface area contributed by atoms with Gasteiger partial charge in [0.2, 0.25) is 0 Å². The molecule has 1 aliphatic rings. The zero-order valence-electron chi connectivity index (χ0n) is 10.9. The topological polar surface area (TPSA) is 15.3 Å². The number of nitrogens with one attached hydrogen (secondary N) is 1. The maximum atomic E-state index is 3.60. The van der Waals surface area contributed by atoms with Gasteiger partial charge in [-0.1, -0.05) is 6.92 Å². The fourth-order valence-electron chi connectivity index (χ4n) is 2.20. The molecule has 2 nitrogen and oxygen atoms in total. The number of hydrogen-bond donors (Lipinski definition) is 1. The minimum Gasteiger partial charge on any atom is -0.314 e. The van der Waals surface area contributed by atoms with Crippen LogP contribution in [0.4, 0.5) is 0 Å². The third kappa shape index (κ3) is 4.98. The van der Waals surface area contributed by atoms with E-state index in [1.165, 1.54) is 38.8 Å². The second-order valence-electron chi connectivity index (χ2n) is 5.20. The van der Waals surface area contributed by atoms with Crippen molar-refractivity contribution in [2.45, 2.75) is 71.5 Å². The van der Waals surface area contributed by atoms with E-state index in [4.69, 9.17) is 0 Å². The second kappa shape index (κ2) is 6.49. The lowest BCUT2D eigenvalue weighted by atomic mass is 10.1. The highest BCUT2D eigenvalue weighted by Gasteiger charge is 2.21. The summed E-state index contributed by atoms with van der Waals surface area (Å²) in [6.45, 7) is 11.7. The Morgan fingerprint density at radius 3 is 2.40 bits per heavy atom. The van der Waals surface area contributed by atoms with Crippen molar-refractivity contribution in [2.75, 3.05) is 13.1 Å². The van der Waals surface area contributed by atoms with Crippen molar-refractivity contribution in [1.82, 2.24) is 10.2 Å². The standard InChI is InChI=1S/C13H28N2/c1-5-10-15(11(2)3)12(4)8-9-14-13-6-7-13/h11-14H,5-10H2,1-4H3. The van der Waals surface area contributed by atoms with Crippen LogP contribution in [-0.2, 0) is 0 Å². The molecular formula is C13H28N2.